The highest BCUT2D eigenvalue weighted by Crippen LogP contribution is 2.42. The van der Waals surface area contributed by atoms with Crippen LogP contribution in [-0.2, 0) is 6.18 Å². The van der Waals surface area contributed by atoms with E-state index in [0.717, 1.165) is 37.8 Å². The monoisotopic (exact) mass is 393 g/mol. The van der Waals surface area contributed by atoms with Gasteiger partial charge in [-0.05, 0) is 50.9 Å². The lowest BCUT2D eigenvalue weighted by Crippen LogP contribution is -2.47. The largest absolute Gasteiger partial charge is 0.416 e. The first-order valence-electron chi connectivity index (χ1n) is 9.48. The lowest BCUT2D eigenvalue weighted by Gasteiger charge is -2.32. The number of aromatic nitrogens is 3. The van der Waals surface area contributed by atoms with Crippen molar-refractivity contribution in [2.45, 2.75) is 43.8 Å². The van der Waals surface area contributed by atoms with Gasteiger partial charge in [0, 0.05) is 25.0 Å². The number of hydrogen-bond donors (Lipinski definition) is 1. The van der Waals surface area contributed by atoms with Crippen molar-refractivity contribution in [3.63, 3.8) is 0 Å². The van der Waals surface area contributed by atoms with Gasteiger partial charge in [0.15, 0.2) is 5.69 Å². The number of rotatable bonds is 4. The van der Waals surface area contributed by atoms with E-state index in [1.807, 2.05) is 7.05 Å². The SMILES string of the molecule is CNC1CCCN(C(=O)c2nnn(-c3cccc(C(F)(F)F)c3)c2C2CC2)C1. The summed E-state index contributed by atoms with van der Waals surface area (Å²) in [7, 11) is 1.87. The van der Waals surface area contributed by atoms with Crippen LogP contribution in [-0.4, -0.2) is 52.0 Å². The third-order valence-corrected chi connectivity index (χ3v) is 5.41. The Morgan fingerprint density at radius 2 is 2.04 bits per heavy atom. The molecule has 1 aliphatic carbocycles. The molecule has 9 heteroatoms. The molecule has 1 aliphatic heterocycles. The Morgan fingerprint density at radius 1 is 1.25 bits per heavy atom. The number of likely N-dealkylation sites (N-methyl/N-ethyl adjacent to an activating group) is 1. The molecular weight excluding hydrogens is 371 g/mol. The Labute approximate surface area is 160 Å². The number of nitrogens with one attached hydrogen (secondary N) is 1. The van der Waals surface area contributed by atoms with Gasteiger partial charge in [-0.15, -0.1) is 5.10 Å². The Bertz CT molecular complexity index is 875. The minimum atomic E-state index is -4.44. The number of hydrogen-bond acceptors (Lipinski definition) is 4. The number of amides is 1. The van der Waals surface area contributed by atoms with Gasteiger partial charge in [-0.1, -0.05) is 11.3 Å². The van der Waals surface area contributed by atoms with Crippen molar-refractivity contribution in [3.05, 3.63) is 41.2 Å². The van der Waals surface area contributed by atoms with E-state index in [1.165, 1.54) is 10.7 Å². The Kier molecular flexibility index (Phi) is 4.86. The molecule has 0 bridgehead atoms. The fourth-order valence-corrected chi connectivity index (χ4v) is 3.72. The molecule has 1 amide bonds. The molecule has 28 heavy (non-hydrogen) atoms. The second kappa shape index (κ2) is 7.20. The summed E-state index contributed by atoms with van der Waals surface area (Å²) < 4.78 is 40.7. The summed E-state index contributed by atoms with van der Waals surface area (Å²) in [5, 5.41) is 11.4. The van der Waals surface area contributed by atoms with Gasteiger partial charge in [-0.25, -0.2) is 4.68 Å². The average Bonchev–Trinajstić information content (AvgIpc) is 3.44. The maximum absolute atomic E-state index is 13.1. The van der Waals surface area contributed by atoms with Crippen molar-refractivity contribution in [1.29, 1.82) is 0 Å². The molecule has 4 rings (SSSR count). The zero-order valence-electron chi connectivity index (χ0n) is 15.5. The summed E-state index contributed by atoms with van der Waals surface area (Å²) >= 11 is 0. The second-order valence-corrected chi connectivity index (χ2v) is 7.44. The van der Waals surface area contributed by atoms with Crippen LogP contribution in [0.25, 0.3) is 5.69 Å². The number of likely N-dealkylation sites (tertiary alicyclic amines) is 1. The van der Waals surface area contributed by atoms with Gasteiger partial charge in [-0.2, -0.15) is 13.2 Å². The average molecular weight is 393 g/mol. The minimum absolute atomic E-state index is 0.105. The summed E-state index contributed by atoms with van der Waals surface area (Å²) in [4.78, 5) is 14.8. The fourth-order valence-electron chi connectivity index (χ4n) is 3.72. The van der Waals surface area contributed by atoms with Crippen LogP contribution in [0.3, 0.4) is 0 Å². The fraction of sp³-hybridized carbons (Fsp3) is 0.526. The maximum atomic E-state index is 13.1. The number of piperidine rings is 1. The third-order valence-electron chi connectivity index (χ3n) is 5.41. The van der Waals surface area contributed by atoms with E-state index in [9.17, 15) is 18.0 Å². The predicted molar refractivity (Wildman–Crippen MR) is 96.3 cm³/mol. The van der Waals surface area contributed by atoms with Gasteiger partial charge in [-0.3, -0.25) is 4.79 Å². The van der Waals surface area contributed by atoms with Crippen molar-refractivity contribution >= 4 is 5.91 Å². The van der Waals surface area contributed by atoms with Gasteiger partial charge < -0.3 is 10.2 Å². The lowest BCUT2D eigenvalue weighted by atomic mass is 10.0. The van der Waals surface area contributed by atoms with Gasteiger partial charge in [0.25, 0.3) is 5.91 Å². The molecular formula is C19H22F3N5O. The van der Waals surface area contributed by atoms with Crippen molar-refractivity contribution < 1.29 is 18.0 Å². The highest BCUT2D eigenvalue weighted by atomic mass is 19.4. The molecule has 6 nitrogen and oxygen atoms in total. The van der Waals surface area contributed by atoms with Gasteiger partial charge in [0.2, 0.25) is 0 Å². The lowest BCUT2D eigenvalue weighted by molar-refractivity contribution is -0.137. The predicted octanol–water partition coefficient (Wildman–Crippen LogP) is 2.99. The van der Waals surface area contributed by atoms with Crippen LogP contribution < -0.4 is 5.32 Å². The molecule has 1 aromatic heterocycles. The van der Waals surface area contributed by atoms with Crippen LogP contribution in [0.15, 0.2) is 24.3 Å². The Morgan fingerprint density at radius 3 is 2.71 bits per heavy atom. The first-order valence-corrected chi connectivity index (χ1v) is 9.48. The van der Waals surface area contributed by atoms with E-state index in [2.05, 4.69) is 15.6 Å². The molecule has 1 saturated heterocycles. The first-order chi connectivity index (χ1) is 13.4. The molecule has 1 unspecified atom stereocenters. The van der Waals surface area contributed by atoms with Crippen LogP contribution >= 0.6 is 0 Å². The zero-order valence-corrected chi connectivity index (χ0v) is 15.5. The van der Waals surface area contributed by atoms with E-state index < -0.39 is 11.7 Å². The molecule has 150 valence electrons. The van der Waals surface area contributed by atoms with Crippen LogP contribution in [0.2, 0.25) is 0 Å². The number of benzene rings is 1. The summed E-state index contributed by atoms with van der Waals surface area (Å²) in [5.74, 6) is -0.0894. The van der Waals surface area contributed by atoms with E-state index in [-0.39, 0.29) is 29.2 Å². The molecule has 1 aromatic carbocycles. The van der Waals surface area contributed by atoms with Crippen molar-refractivity contribution in [3.8, 4) is 5.69 Å². The van der Waals surface area contributed by atoms with Gasteiger partial charge in [0.05, 0.1) is 16.9 Å². The Hall–Kier alpha value is -2.42. The topological polar surface area (TPSA) is 63.1 Å². The van der Waals surface area contributed by atoms with Crippen LogP contribution in [0.4, 0.5) is 13.2 Å². The number of carbonyl (C=O) groups excluding carboxylic acids is 1. The van der Waals surface area contributed by atoms with E-state index >= 15 is 0 Å². The third kappa shape index (κ3) is 3.63. The first kappa shape index (κ1) is 18.9. The highest BCUT2D eigenvalue weighted by molar-refractivity contribution is 5.93. The highest BCUT2D eigenvalue weighted by Gasteiger charge is 2.37. The van der Waals surface area contributed by atoms with Crippen molar-refractivity contribution in [1.82, 2.24) is 25.2 Å². The van der Waals surface area contributed by atoms with Crippen LogP contribution in [0.1, 0.15) is 53.3 Å². The van der Waals surface area contributed by atoms with E-state index in [1.54, 1.807) is 11.0 Å². The molecule has 0 radical (unpaired) electrons. The van der Waals surface area contributed by atoms with Crippen molar-refractivity contribution in [2.75, 3.05) is 20.1 Å². The summed E-state index contributed by atoms with van der Waals surface area (Å²) in [5.41, 5.74) is 0.408. The zero-order chi connectivity index (χ0) is 19.9. The molecule has 2 fully saturated rings. The summed E-state index contributed by atoms with van der Waals surface area (Å²) in [6, 6.07) is 5.21. The van der Waals surface area contributed by atoms with Gasteiger partial charge in [0.1, 0.15) is 0 Å². The molecule has 1 saturated carbocycles. The van der Waals surface area contributed by atoms with Crippen molar-refractivity contribution in [2.24, 2.45) is 0 Å². The number of carbonyl (C=O) groups is 1. The maximum Gasteiger partial charge on any atom is 0.416 e. The summed E-state index contributed by atoms with van der Waals surface area (Å²) in [6.45, 7) is 1.24. The smallest absolute Gasteiger partial charge is 0.336 e. The molecule has 2 heterocycles. The minimum Gasteiger partial charge on any atom is -0.336 e. The molecule has 2 aliphatic rings. The van der Waals surface area contributed by atoms with Crippen LogP contribution in [0, 0.1) is 0 Å². The number of nitrogens with zero attached hydrogens (tertiary/aromatic N) is 4. The number of alkyl halides is 3. The second-order valence-electron chi connectivity index (χ2n) is 7.44. The molecule has 0 spiro atoms. The standard InChI is InChI=1S/C19H22F3N5O/c1-23-14-5-3-9-26(11-14)18(28)16-17(12-7-8-12)27(25-24-16)15-6-2-4-13(10-15)19(20,21)22/h2,4,6,10,12,14,23H,3,5,7-9,11H2,1H3. The number of halogens is 3. The molecule has 2 aromatic rings. The molecule has 1 atom stereocenters. The molecule has 1 N–H and O–H groups in total. The summed E-state index contributed by atoms with van der Waals surface area (Å²) in [6.07, 6.45) is -0.771. The quantitative estimate of drug-likeness (QED) is 0.868. The Balaban J connectivity index is 1.68. The van der Waals surface area contributed by atoms with Crippen LogP contribution in [0.5, 0.6) is 0 Å². The van der Waals surface area contributed by atoms with E-state index in [0.29, 0.717) is 18.8 Å². The van der Waals surface area contributed by atoms with Gasteiger partial charge >= 0.3 is 6.18 Å². The van der Waals surface area contributed by atoms with E-state index in [4.69, 9.17) is 0 Å². The normalized spacial score (nSPS) is 20.4.